The molecule has 0 saturated heterocycles. The van der Waals surface area contributed by atoms with E-state index in [0.29, 0.717) is 28.7 Å². The van der Waals surface area contributed by atoms with E-state index < -0.39 is 0 Å². The van der Waals surface area contributed by atoms with Crippen LogP contribution >= 0.6 is 11.6 Å². The van der Waals surface area contributed by atoms with E-state index in [1.165, 1.54) is 12.8 Å². The van der Waals surface area contributed by atoms with Crippen molar-refractivity contribution in [2.45, 2.75) is 57.0 Å². The molecule has 6 nitrogen and oxygen atoms in total. The number of nitrogens with two attached hydrogens (primary N) is 1. The van der Waals surface area contributed by atoms with Crippen LogP contribution in [0.1, 0.15) is 44.2 Å². The number of aromatic nitrogens is 3. The van der Waals surface area contributed by atoms with Crippen LogP contribution in [0.5, 0.6) is 0 Å². The van der Waals surface area contributed by atoms with Gasteiger partial charge in [0.05, 0.1) is 28.2 Å². The lowest BCUT2D eigenvalue weighted by atomic mass is 9.92. The first-order chi connectivity index (χ1) is 11.7. The highest BCUT2D eigenvalue weighted by molar-refractivity contribution is 6.32. The Labute approximate surface area is 146 Å². The molecule has 7 heteroatoms. The molecule has 2 fully saturated rings. The maximum absolute atomic E-state index is 6.33. The minimum Gasteiger partial charge on any atom is -0.364 e. The zero-order valence-electron chi connectivity index (χ0n) is 13.5. The molecule has 0 unspecified atom stereocenters. The van der Waals surface area contributed by atoms with Crippen LogP contribution in [0.15, 0.2) is 17.0 Å². The summed E-state index contributed by atoms with van der Waals surface area (Å²) in [6.45, 7) is 0. The summed E-state index contributed by atoms with van der Waals surface area (Å²) in [5.41, 5.74) is 8.47. The lowest BCUT2D eigenvalue weighted by Crippen LogP contribution is -2.33. The molecule has 0 spiro atoms. The molecule has 128 valence electrons. The van der Waals surface area contributed by atoms with Crippen molar-refractivity contribution < 1.29 is 4.52 Å². The number of hydrogen-bond donors (Lipinski definition) is 2. The van der Waals surface area contributed by atoms with E-state index in [4.69, 9.17) is 21.9 Å². The Morgan fingerprint density at radius 3 is 2.75 bits per heavy atom. The second-order valence-electron chi connectivity index (χ2n) is 6.97. The minimum atomic E-state index is 0.326. The summed E-state index contributed by atoms with van der Waals surface area (Å²) in [4.78, 5) is 8.96. The lowest BCUT2D eigenvalue weighted by molar-refractivity contribution is 0.409. The number of hydrogen-bond acceptors (Lipinski definition) is 6. The van der Waals surface area contributed by atoms with Crippen molar-refractivity contribution in [3.8, 4) is 11.3 Å². The highest BCUT2D eigenvalue weighted by Crippen LogP contribution is 2.36. The molecule has 2 aromatic heterocycles. The SMILES string of the molecule is NC1CCC(Nc2ncc(Cl)c(-c3conc3CC3CC3)n2)CC1. The monoisotopic (exact) mass is 347 g/mol. The summed E-state index contributed by atoms with van der Waals surface area (Å²) in [5, 5.41) is 8.08. The predicted molar refractivity (Wildman–Crippen MR) is 92.8 cm³/mol. The van der Waals surface area contributed by atoms with Crippen LogP contribution in [-0.2, 0) is 6.42 Å². The highest BCUT2D eigenvalue weighted by Gasteiger charge is 2.26. The van der Waals surface area contributed by atoms with E-state index in [1.54, 1.807) is 12.5 Å². The normalized spacial score (nSPS) is 24.1. The molecule has 2 saturated carbocycles. The first-order valence-electron chi connectivity index (χ1n) is 8.67. The van der Waals surface area contributed by atoms with E-state index in [1.807, 2.05) is 0 Å². The van der Waals surface area contributed by atoms with Gasteiger partial charge in [-0.3, -0.25) is 0 Å². The van der Waals surface area contributed by atoms with Gasteiger partial charge in [-0.05, 0) is 50.9 Å². The summed E-state index contributed by atoms with van der Waals surface area (Å²) >= 11 is 6.33. The van der Waals surface area contributed by atoms with E-state index in [-0.39, 0.29) is 0 Å². The molecule has 2 heterocycles. The maximum atomic E-state index is 6.33. The van der Waals surface area contributed by atoms with Gasteiger partial charge in [-0.1, -0.05) is 16.8 Å². The Balaban J connectivity index is 1.54. The van der Waals surface area contributed by atoms with Crippen LogP contribution in [0.3, 0.4) is 0 Å². The van der Waals surface area contributed by atoms with Crippen molar-refractivity contribution >= 4 is 17.5 Å². The van der Waals surface area contributed by atoms with Crippen LogP contribution in [0.2, 0.25) is 5.02 Å². The van der Waals surface area contributed by atoms with Crippen molar-refractivity contribution in [3.63, 3.8) is 0 Å². The van der Waals surface area contributed by atoms with Gasteiger partial charge in [-0.25, -0.2) is 9.97 Å². The van der Waals surface area contributed by atoms with E-state index >= 15 is 0 Å². The number of nitrogens with one attached hydrogen (secondary N) is 1. The molecule has 2 aliphatic carbocycles. The summed E-state index contributed by atoms with van der Waals surface area (Å²) in [6, 6.07) is 0.693. The first kappa shape index (κ1) is 15.8. The lowest BCUT2D eigenvalue weighted by Gasteiger charge is -2.26. The van der Waals surface area contributed by atoms with Gasteiger partial charge < -0.3 is 15.6 Å². The third-order valence-corrected chi connectivity index (χ3v) is 5.20. The van der Waals surface area contributed by atoms with Crippen molar-refractivity contribution in [2.75, 3.05) is 5.32 Å². The number of halogens is 1. The third-order valence-electron chi connectivity index (χ3n) is 4.93. The van der Waals surface area contributed by atoms with Gasteiger partial charge in [-0.2, -0.15) is 0 Å². The van der Waals surface area contributed by atoms with Crippen molar-refractivity contribution in [1.82, 2.24) is 15.1 Å². The zero-order valence-corrected chi connectivity index (χ0v) is 14.3. The van der Waals surface area contributed by atoms with Crippen LogP contribution in [0.25, 0.3) is 11.3 Å². The molecule has 24 heavy (non-hydrogen) atoms. The second kappa shape index (κ2) is 6.69. The first-order valence-corrected chi connectivity index (χ1v) is 9.05. The molecule has 0 aromatic carbocycles. The van der Waals surface area contributed by atoms with E-state index in [0.717, 1.165) is 49.3 Å². The summed E-state index contributed by atoms with van der Waals surface area (Å²) in [5.74, 6) is 1.33. The smallest absolute Gasteiger partial charge is 0.223 e. The molecular formula is C17H22ClN5O. The molecule has 0 bridgehead atoms. The van der Waals surface area contributed by atoms with Gasteiger partial charge in [0.25, 0.3) is 0 Å². The molecule has 3 N–H and O–H groups in total. The predicted octanol–water partition coefficient (Wildman–Crippen LogP) is 3.42. The molecule has 0 amide bonds. The molecule has 2 aromatic rings. The van der Waals surface area contributed by atoms with Gasteiger partial charge in [0, 0.05) is 12.1 Å². The van der Waals surface area contributed by atoms with Crippen molar-refractivity contribution in [3.05, 3.63) is 23.2 Å². The Kier molecular flexibility index (Phi) is 4.41. The molecule has 4 rings (SSSR count). The fourth-order valence-corrected chi connectivity index (χ4v) is 3.46. The topological polar surface area (TPSA) is 89.9 Å². The van der Waals surface area contributed by atoms with Crippen LogP contribution in [0, 0.1) is 5.92 Å². The summed E-state index contributed by atoms with van der Waals surface area (Å²) in [6.07, 6.45) is 10.9. The van der Waals surface area contributed by atoms with Gasteiger partial charge in [-0.15, -0.1) is 0 Å². The van der Waals surface area contributed by atoms with Crippen LogP contribution < -0.4 is 11.1 Å². The third kappa shape index (κ3) is 3.54. The Morgan fingerprint density at radius 2 is 2.00 bits per heavy atom. The number of nitrogens with zero attached hydrogens (tertiary/aromatic N) is 3. The van der Waals surface area contributed by atoms with Crippen LogP contribution in [0.4, 0.5) is 5.95 Å². The van der Waals surface area contributed by atoms with E-state index in [9.17, 15) is 0 Å². The fourth-order valence-electron chi connectivity index (χ4n) is 3.27. The quantitative estimate of drug-likeness (QED) is 0.861. The average Bonchev–Trinajstić information content (AvgIpc) is 3.28. The second-order valence-corrected chi connectivity index (χ2v) is 7.38. The van der Waals surface area contributed by atoms with Crippen molar-refractivity contribution in [1.29, 1.82) is 0 Å². The maximum Gasteiger partial charge on any atom is 0.223 e. The van der Waals surface area contributed by atoms with E-state index in [2.05, 4.69) is 20.4 Å². The Morgan fingerprint density at radius 1 is 1.21 bits per heavy atom. The Hall–Kier alpha value is -1.66. The van der Waals surface area contributed by atoms with Gasteiger partial charge in [0.15, 0.2) is 0 Å². The van der Waals surface area contributed by atoms with Gasteiger partial charge >= 0.3 is 0 Å². The average molecular weight is 348 g/mol. The highest BCUT2D eigenvalue weighted by atomic mass is 35.5. The standard InChI is InChI=1S/C17H22ClN5O/c18-14-8-20-17(21-12-5-3-11(19)4-6-12)22-16(14)13-9-24-23-15(13)7-10-1-2-10/h8-12H,1-7,19H2,(H,20,21,22). The number of anilines is 1. The molecule has 0 radical (unpaired) electrons. The zero-order chi connectivity index (χ0) is 16.5. The summed E-state index contributed by atoms with van der Waals surface area (Å²) in [7, 11) is 0. The minimum absolute atomic E-state index is 0.326. The molecule has 0 atom stereocenters. The van der Waals surface area contributed by atoms with Gasteiger partial charge in [0.1, 0.15) is 6.26 Å². The van der Waals surface area contributed by atoms with Crippen molar-refractivity contribution in [2.24, 2.45) is 11.7 Å². The largest absolute Gasteiger partial charge is 0.364 e. The fraction of sp³-hybridized carbons (Fsp3) is 0.588. The molecule has 2 aliphatic rings. The molecule has 0 aliphatic heterocycles. The molecular weight excluding hydrogens is 326 g/mol. The summed E-state index contributed by atoms with van der Waals surface area (Å²) < 4.78 is 5.18. The number of rotatable bonds is 5. The van der Waals surface area contributed by atoms with Crippen LogP contribution in [-0.4, -0.2) is 27.2 Å². The Bertz CT molecular complexity index is 707. The van der Waals surface area contributed by atoms with Gasteiger partial charge in [0.2, 0.25) is 5.95 Å².